The number of ketones is 1. The van der Waals surface area contributed by atoms with Crippen molar-refractivity contribution >= 4 is 11.8 Å². The summed E-state index contributed by atoms with van der Waals surface area (Å²) in [6, 6.07) is 0. The van der Waals surface area contributed by atoms with Crippen molar-refractivity contribution in [2.75, 3.05) is 6.61 Å². The minimum absolute atomic E-state index is 0.0180. The standard InChI is InChI=1S/C10H14O4/c1-3-14-9(13)7(11)6-8(12)10(2)4-5-10/h6,12H,3-5H2,1-2H3/b8-6-. The predicted octanol–water partition coefficient (Wildman–Crippen LogP) is 1.36. The van der Waals surface area contributed by atoms with Crippen molar-refractivity contribution in [3.8, 4) is 0 Å². The normalized spacial score (nSPS) is 18.9. The maximum absolute atomic E-state index is 11.1. The van der Waals surface area contributed by atoms with Gasteiger partial charge in [0.15, 0.2) is 0 Å². The van der Waals surface area contributed by atoms with Crippen molar-refractivity contribution in [1.29, 1.82) is 0 Å². The monoisotopic (exact) mass is 198 g/mol. The Morgan fingerprint density at radius 3 is 2.50 bits per heavy atom. The lowest BCUT2D eigenvalue weighted by molar-refractivity contribution is -0.151. The number of esters is 1. The highest BCUT2D eigenvalue weighted by Crippen LogP contribution is 2.50. The van der Waals surface area contributed by atoms with Crippen LogP contribution >= 0.6 is 0 Å². The van der Waals surface area contributed by atoms with Gasteiger partial charge in [0.2, 0.25) is 0 Å². The molecule has 0 aromatic heterocycles. The number of rotatable bonds is 4. The van der Waals surface area contributed by atoms with E-state index in [4.69, 9.17) is 0 Å². The Morgan fingerprint density at radius 1 is 1.50 bits per heavy atom. The number of hydrogen-bond acceptors (Lipinski definition) is 4. The van der Waals surface area contributed by atoms with Crippen LogP contribution in [0.15, 0.2) is 11.8 Å². The van der Waals surface area contributed by atoms with E-state index in [2.05, 4.69) is 4.74 Å². The first-order chi connectivity index (χ1) is 6.49. The third kappa shape index (κ3) is 2.34. The Labute approximate surface area is 82.6 Å². The first kappa shape index (κ1) is 10.8. The van der Waals surface area contributed by atoms with Crippen LogP contribution < -0.4 is 0 Å². The summed E-state index contributed by atoms with van der Waals surface area (Å²) in [5, 5.41) is 9.47. The molecule has 1 aliphatic carbocycles. The SMILES string of the molecule is CCOC(=O)C(=O)/C=C(\O)C1(C)CC1. The van der Waals surface area contributed by atoms with Gasteiger partial charge in [-0.1, -0.05) is 6.92 Å². The van der Waals surface area contributed by atoms with E-state index in [-0.39, 0.29) is 17.8 Å². The molecule has 0 aliphatic heterocycles. The minimum Gasteiger partial charge on any atom is -0.512 e. The maximum Gasteiger partial charge on any atom is 0.379 e. The van der Waals surface area contributed by atoms with Gasteiger partial charge in [0.25, 0.3) is 5.78 Å². The Morgan fingerprint density at radius 2 is 2.07 bits per heavy atom. The van der Waals surface area contributed by atoms with E-state index in [1.54, 1.807) is 6.92 Å². The van der Waals surface area contributed by atoms with E-state index in [1.807, 2.05) is 6.92 Å². The molecular weight excluding hydrogens is 184 g/mol. The van der Waals surface area contributed by atoms with Crippen molar-refractivity contribution in [3.05, 3.63) is 11.8 Å². The molecule has 4 nitrogen and oxygen atoms in total. The lowest BCUT2D eigenvalue weighted by Gasteiger charge is -2.05. The topological polar surface area (TPSA) is 63.6 Å². The van der Waals surface area contributed by atoms with Crippen molar-refractivity contribution < 1.29 is 19.4 Å². The van der Waals surface area contributed by atoms with Crippen LogP contribution in [0.3, 0.4) is 0 Å². The summed E-state index contributed by atoms with van der Waals surface area (Å²) in [7, 11) is 0. The van der Waals surface area contributed by atoms with E-state index in [1.165, 1.54) is 0 Å². The van der Waals surface area contributed by atoms with Crippen molar-refractivity contribution in [1.82, 2.24) is 0 Å². The van der Waals surface area contributed by atoms with Crippen LogP contribution in [0.25, 0.3) is 0 Å². The van der Waals surface area contributed by atoms with E-state index >= 15 is 0 Å². The number of hydrogen-bond donors (Lipinski definition) is 1. The summed E-state index contributed by atoms with van der Waals surface area (Å²) in [6.45, 7) is 3.63. The average Bonchev–Trinajstić information content (AvgIpc) is 2.85. The number of carbonyl (C=O) groups excluding carboxylic acids is 2. The largest absolute Gasteiger partial charge is 0.512 e. The molecule has 0 unspecified atom stereocenters. The molecule has 0 aromatic rings. The zero-order valence-electron chi connectivity index (χ0n) is 8.37. The second-order valence-electron chi connectivity index (χ2n) is 3.67. The van der Waals surface area contributed by atoms with E-state index in [0.29, 0.717) is 0 Å². The van der Waals surface area contributed by atoms with Crippen LogP contribution in [0, 0.1) is 5.41 Å². The summed E-state index contributed by atoms with van der Waals surface area (Å²) in [4.78, 5) is 22.0. The lowest BCUT2D eigenvalue weighted by Crippen LogP contribution is -2.16. The molecule has 1 fully saturated rings. The third-order valence-electron chi connectivity index (χ3n) is 2.36. The van der Waals surface area contributed by atoms with Crippen LogP contribution in [-0.4, -0.2) is 23.5 Å². The van der Waals surface area contributed by atoms with Gasteiger partial charge >= 0.3 is 5.97 Å². The number of aliphatic hydroxyl groups excluding tert-OH is 1. The zero-order valence-corrected chi connectivity index (χ0v) is 8.37. The number of ether oxygens (including phenoxy) is 1. The highest BCUT2D eigenvalue weighted by atomic mass is 16.5. The quantitative estimate of drug-likeness (QED) is 0.320. The zero-order chi connectivity index (χ0) is 10.8. The second-order valence-corrected chi connectivity index (χ2v) is 3.67. The van der Waals surface area contributed by atoms with E-state index in [0.717, 1.165) is 18.9 Å². The van der Waals surface area contributed by atoms with Crippen LogP contribution in [0.4, 0.5) is 0 Å². The van der Waals surface area contributed by atoms with Gasteiger partial charge in [0.05, 0.1) is 6.61 Å². The summed E-state index contributed by atoms with van der Waals surface area (Å²) in [6.07, 6.45) is 2.67. The molecule has 1 N–H and O–H groups in total. The molecule has 0 bridgehead atoms. The van der Waals surface area contributed by atoms with Gasteiger partial charge in [-0.25, -0.2) is 4.79 Å². The van der Waals surface area contributed by atoms with Gasteiger partial charge in [0, 0.05) is 11.5 Å². The summed E-state index contributed by atoms with van der Waals surface area (Å²) < 4.78 is 4.49. The van der Waals surface area contributed by atoms with Crippen molar-refractivity contribution in [2.24, 2.45) is 5.41 Å². The van der Waals surface area contributed by atoms with Gasteiger partial charge in [-0.3, -0.25) is 4.79 Å². The van der Waals surface area contributed by atoms with Crippen LogP contribution in [0.2, 0.25) is 0 Å². The first-order valence-corrected chi connectivity index (χ1v) is 4.62. The fourth-order valence-electron chi connectivity index (χ4n) is 1.00. The van der Waals surface area contributed by atoms with Gasteiger partial charge in [-0.15, -0.1) is 0 Å². The van der Waals surface area contributed by atoms with Gasteiger partial charge in [0.1, 0.15) is 5.76 Å². The Kier molecular flexibility index (Phi) is 2.93. The molecule has 0 heterocycles. The minimum atomic E-state index is -0.914. The molecule has 78 valence electrons. The molecular formula is C10H14O4. The molecule has 0 saturated heterocycles. The smallest absolute Gasteiger partial charge is 0.379 e. The second kappa shape index (κ2) is 3.82. The average molecular weight is 198 g/mol. The summed E-state index contributed by atoms with van der Waals surface area (Å²) >= 11 is 0. The van der Waals surface area contributed by atoms with Gasteiger partial charge < -0.3 is 9.84 Å². The molecule has 14 heavy (non-hydrogen) atoms. The third-order valence-corrected chi connectivity index (χ3v) is 2.36. The van der Waals surface area contributed by atoms with Crippen molar-refractivity contribution in [3.63, 3.8) is 0 Å². The number of carbonyl (C=O) groups is 2. The fourth-order valence-corrected chi connectivity index (χ4v) is 1.00. The highest BCUT2D eigenvalue weighted by molar-refractivity contribution is 6.38. The van der Waals surface area contributed by atoms with Crippen LogP contribution in [-0.2, 0) is 14.3 Å². The Balaban J connectivity index is 2.58. The van der Waals surface area contributed by atoms with E-state index < -0.39 is 11.8 Å². The fraction of sp³-hybridized carbons (Fsp3) is 0.600. The maximum atomic E-state index is 11.1. The first-order valence-electron chi connectivity index (χ1n) is 4.62. The van der Waals surface area contributed by atoms with Crippen LogP contribution in [0.1, 0.15) is 26.7 Å². The molecule has 4 heteroatoms. The summed E-state index contributed by atoms with van der Waals surface area (Å²) in [5.74, 6) is -1.73. The van der Waals surface area contributed by atoms with Crippen LogP contribution in [0.5, 0.6) is 0 Å². The molecule has 0 aromatic carbocycles. The summed E-state index contributed by atoms with van der Waals surface area (Å²) in [5.41, 5.74) is -0.290. The molecule has 0 spiro atoms. The Hall–Kier alpha value is -1.32. The highest BCUT2D eigenvalue weighted by Gasteiger charge is 2.42. The van der Waals surface area contributed by atoms with Gasteiger partial charge in [-0.05, 0) is 19.8 Å². The molecule has 1 saturated carbocycles. The number of allylic oxidation sites excluding steroid dienone is 1. The molecule has 1 rings (SSSR count). The molecule has 0 amide bonds. The molecule has 1 aliphatic rings. The number of aliphatic hydroxyl groups is 1. The molecule has 0 radical (unpaired) electrons. The van der Waals surface area contributed by atoms with Gasteiger partial charge in [-0.2, -0.15) is 0 Å². The molecule has 0 atom stereocenters. The lowest BCUT2D eigenvalue weighted by atomic mass is 10.1. The predicted molar refractivity (Wildman–Crippen MR) is 49.7 cm³/mol. The van der Waals surface area contributed by atoms with E-state index in [9.17, 15) is 14.7 Å². The Bertz CT molecular complexity index is 286. The van der Waals surface area contributed by atoms with Crippen molar-refractivity contribution in [2.45, 2.75) is 26.7 Å².